The molecule has 1 saturated heterocycles. The van der Waals surface area contributed by atoms with Crippen LogP contribution in [0.5, 0.6) is 0 Å². The zero-order chi connectivity index (χ0) is 10.7. The van der Waals surface area contributed by atoms with E-state index >= 15 is 0 Å². The molecule has 84 valence electrons. The Morgan fingerprint density at radius 3 is 2.73 bits per heavy atom. The van der Waals surface area contributed by atoms with Crippen molar-refractivity contribution in [2.24, 2.45) is 0 Å². The van der Waals surface area contributed by atoms with E-state index in [2.05, 4.69) is 22.5 Å². The summed E-state index contributed by atoms with van der Waals surface area (Å²) in [4.78, 5) is 13.7. The highest BCUT2D eigenvalue weighted by Crippen LogP contribution is 2.18. The van der Waals surface area contributed by atoms with Crippen molar-refractivity contribution in [2.45, 2.75) is 19.8 Å². The van der Waals surface area contributed by atoms with Gasteiger partial charge in [0.15, 0.2) is 0 Å². The van der Waals surface area contributed by atoms with Crippen LogP contribution in [-0.2, 0) is 4.79 Å². The molecule has 0 aliphatic carbocycles. The van der Waals surface area contributed by atoms with Gasteiger partial charge in [0.25, 0.3) is 0 Å². The summed E-state index contributed by atoms with van der Waals surface area (Å²) in [5, 5.41) is 6.31. The second-order valence-electron chi connectivity index (χ2n) is 4.19. The van der Waals surface area contributed by atoms with Crippen molar-refractivity contribution in [3.63, 3.8) is 0 Å². The normalized spacial score (nSPS) is 23.4. The fourth-order valence-corrected chi connectivity index (χ4v) is 2.18. The van der Waals surface area contributed by atoms with Crippen LogP contribution in [-0.4, -0.2) is 43.5 Å². The predicted octanol–water partition coefficient (Wildman–Crippen LogP) is 0.0756. The minimum absolute atomic E-state index is 0.164. The summed E-state index contributed by atoms with van der Waals surface area (Å²) in [5.41, 5.74) is 2.45. The fourth-order valence-electron chi connectivity index (χ4n) is 2.18. The molecule has 4 heteroatoms. The number of carbonyl (C=O) groups is 1. The van der Waals surface area contributed by atoms with E-state index < -0.39 is 0 Å². The zero-order valence-corrected chi connectivity index (χ0v) is 9.31. The van der Waals surface area contributed by atoms with Gasteiger partial charge in [-0.2, -0.15) is 0 Å². The highest BCUT2D eigenvalue weighted by molar-refractivity contribution is 5.84. The molecule has 0 unspecified atom stereocenters. The summed E-state index contributed by atoms with van der Waals surface area (Å²) in [7, 11) is 0. The van der Waals surface area contributed by atoms with Crippen molar-refractivity contribution >= 4 is 5.91 Å². The van der Waals surface area contributed by atoms with Crippen molar-refractivity contribution in [1.29, 1.82) is 0 Å². The van der Waals surface area contributed by atoms with Crippen LogP contribution in [0.1, 0.15) is 19.8 Å². The maximum Gasteiger partial charge on any atom is 0.228 e. The van der Waals surface area contributed by atoms with Gasteiger partial charge in [-0.15, -0.1) is 0 Å². The SMILES string of the molecule is CCC1=C(CN2CCNCC2)NC(=O)C1. The molecule has 15 heavy (non-hydrogen) atoms. The number of amides is 1. The zero-order valence-electron chi connectivity index (χ0n) is 9.31. The van der Waals surface area contributed by atoms with Gasteiger partial charge in [-0.05, 0) is 12.0 Å². The van der Waals surface area contributed by atoms with Gasteiger partial charge < -0.3 is 10.6 Å². The summed E-state index contributed by atoms with van der Waals surface area (Å²) in [6, 6.07) is 0. The quantitative estimate of drug-likeness (QED) is 0.691. The molecule has 4 nitrogen and oxygen atoms in total. The smallest absolute Gasteiger partial charge is 0.228 e. The first kappa shape index (κ1) is 10.6. The lowest BCUT2D eigenvalue weighted by molar-refractivity contribution is -0.119. The molecule has 2 aliphatic heterocycles. The van der Waals surface area contributed by atoms with Gasteiger partial charge in [0.05, 0.1) is 0 Å². The van der Waals surface area contributed by atoms with Crippen LogP contribution in [0.4, 0.5) is 0 Å². The maximum atomic E-state index is 11.3. The molecule has 2 aliphatic rings. The number of carbonyl (C=O) groups excluding carboxylic acids is 1. The first-order valence-electron chi connectivity index (χ1n) is 5.73. The topological polar surface area (TPSA) is 44.4 Å². The van der Waals surface area contributed by atoms with Gasteiger partial charge in [-0.1, -0.05) is 6.92 Å². The van der Waals surface area contributed by atoms with Crippen LogP contribution in [0.2, 0.25) is 0 Å². The van der Waals surface area contributed by atoms with Crippen LogP contribution >= 0.6 is 0 Å². The van der Waals surface area contributed by atoms with Crippen LogP contribution in [0, 0.1) is 0 Å². The summed E-state index contributed by atoms with van der Waals surface area (Å²) < 4.78 is 0. The van der Waals surface area contributed by atoms with E-state index in [1.807, 2.05) is 0 Å². The Morgan fingerprint density at radius 2 is 2.07 bits per heavy atom. The summed E-state index contributed by atoms with van der Waals surface area (Å²) in [6.45, 7) is 7.31. The Balaban J connectivity index is 1.94. The highest BCUT2D eigenvalue weighted by atomic mass is 16.1. The molecule has 0 saturated carbocycles. The van der Waals surface area contributed by atoms with Gasteiger partial charge in [0.2, 0.25) is 5.91 Å². The molecule has 0 bridgehead atoms. The average Bonchev–Trinajstić information content (AvgIpc) is 2.60. The number of nitrogens with zero attached hydrogens (tertiary/aromatic N) is 1. The highest BCUT2D eigenvalue weighted by Gasteiger charge is 2.21. The molecule has 1 fully saturated rings. The van der Waals surface area contributed by atoms with Crippen LogP contribution in [0.15, 0.2) is 11.3 Å². The van der Waals surface area contributed by atoms with E-state index in [9.17, 15) is 4.79 Å². The average molecular weight is 209 g/mol. The third-order valence-corrected chi connectivity index (χ3v) is 3.11. The first-order valence-corrected chi connectivity index (χ1v) is 5.73. The lowest BCUT2D eigenvalue weighted by Crippen LogP contribution is -2.45. The Morgan fingerprint density at radius 1 is 1.33 bits per heavy atom. The lowest BCUT2D eigenvalue weighted by Gasteiger charge is -2.27. The molecule has 1 amide bonds. The van der Waals surface area contributed by atoms with Crippen molar-refractivity contribution in [1.82, 2.24) is 15.5 Å². The molecule has 0 atom stereocenters. The van der Waals surface area contributed by atoms with E-state index in [4.69, 9.17) is 0 Å². The van der Waals surface area contributed by atoms with Crippen molar-refractivity contribution in [3.05, 3.63) is 11.3 Å². The van der Waals surface area contributed by atoms with Gasteiger partial charge in [-0.25, -0.2) is 0 Å². The number of hydrogen-bond acceptors (Lipinski definition) is 3. The first-order chi connectivity index (χ1) is 7.29. The monoisotopic (exact) mass is 209 g/mol. The third kappa shape index (κ3) is 2.58. The van der Waals surface area contributed by atoms with Crippen molar-refractivity contribution in [2.75, 3.05) is 32.7 Å². The molecule has 0 aromatic carbocycles. The number of piperazine rings is 1. The molecular formula is C11H19N3O. The van der Waals surface area contributed by atoms with E-state index in [-0.39, 0.29) is 5.91 Å². The maximum absolute atomic E-state index is 11.3. The van der Waals surface area contributed by atoms with E-state index in [0.29, 0.717) is 6.42 Å². The molecule has 0 aromatic heterocycles. The van der Waals surface area contributed by atoms with Crippen LogP contribution in [0.3, 0.4) is 0 Å². The largest absolute Gasteiger partial charge is 0.328 e. The van der Waals surface area contributed by atoms with Gasteiger partial charge in [0, 0.05) is 44.8 Å². The minimum atomic E-state index is 0.164. The Labute approximate surface area is 90.7 Å². The molecule has 0 spiro atoms. The van der Waals surface area contributed by atoms with Gasteiger partial charge in [0.1, 0.15) is 0 Å². The number of hydrogen-bond donors (Lipinski definition) is 2. The van der Waals surface area contributed by atoms with Crippen LogP contribution < -0.4 is 10.6 Å². The van der Waals surface area contributed by atoms with Crippen molar-refractivity contribution in [3.8, 4) is 0 Å². The molecule has 2 rings (SSSR count). The van der Waals surface area contributed by atoms with Gasteiger partial charge >= 0.3 is 0 Å². The van der Waals surface area contributed by atoms with E-state index in [1.54, 1.807) is 0 Å². The Kier molecular flexibility index (Phi) is 3.38. The molecule has 2 N–H and O–H groups in total. The van der Waals surface area contributed by atoms with E-state index in [1.165, 1.54) is 5.57 Å². The molecule has 0 radical (unpaired) electrons. The molecule has 2 heterocycles. The van der Waals surface area contributed by atoms with Crippen molar-refractivity contribution < 1.29 is 4.79 Å². The summed E-state index contributed by atoms with van der Waals surface area (Å²) in [5.74, 6) is 0.164. The summed E-state index contributed by atoms with van der Waals surface area (Å²) >= 11 is 0. The van der Waals surface area contributed by atoms with Crippen LogP contribution in [0.25, 0.3) is 0 Å². The Bertz CT molecular complexity index is 280. The number of rotatable bonds is 3. The number of nitrogens with one attached hydrogen (secondary N) is 2. The molecule has 0 aromatic rings. The Hall–Kier alpha value is -0.870. The predicted molar refractivity (Wildman–Crippen MR) is 59.4 cm³/mol. The minimum Gasteiger partial charge on any atom is -0.328 e. The lowest BCUT2D eigenvalue weighted by atomic mass is 10.1. The third-order valence-electron chi connectivity index (χ3n) is 3.11. The standard InChI is InChI=1S/C11H19N3O/c1-2-9-7-11(15)13-10(9)8-14-5-3-12-4-6-14/h12H,2-8H2,1H3,(H,13,15). The summed E-state index contributed by atoms with van der Waals surface area (Å²) in [6.07, 6.45) is 1.60. The molecular weight excluding hydrogens is 190 g/mol. The van der Waals surface area contributed by atoms with Gasteiger partial charge in [-0.3, -0.25) is 9.69 Å². The van der Waals surface area contributed by atoms with E-state index in [0.717, 1.165) is 44.8 Å². The second-order valence-corrected chi connectivity index (χ2v) is 4.19. The second kappa shape index (κ2) is 4.77. The fraction of sp³-hybridized carbons (Fsp3) is 0.727.